The lowest BCUT2D eigenvalue weighted by Crippen LogP contribution is -2.38. The van der Waals surface area contributed by atoms with Crippen LogP contribution in [0.15, 0.2) is 46.6 Å². The maximum absolute atomic E-state index is 13.3. The maximum atomic E-state index is 13.3. The van der Waals surface area contributed by atoms with E-state index in [0.717, 1.165) is 16.6 Å². The first-order valence-electron chi connectivity index (χ1n) is 9.33. The molecule has 4 rings (SSSR count). The predicted octanol–water partition coefficient (Wildman–Crippen LogP) is 2.76. The molecule has 0 spiro atoms. The van der Waals surface area contributed by atoms with E-state index in [1.54, 1.807) is 23.8 Å². The van der Waals surface area contributed by atoms with Gasteiger partial charge in [0.2, 0.25) is 0 Å². The topological polar surface area (TPSA) is 54.8 Å². The molecule has 2 saturated heterocycles. The van der Waals surface area contributed by atoms with Crippen molar-refractivity contribution in [2.24, 2.45) is 7.05 Å². The Kier molecular flexibility index (Phi) is 5.58. The quantitative estimate of drug-likeness (QED) is 0.425. The second-order valence-electron chi connectivity index (χ2n) is 6.82. The summed E-state index contributed by atoms with van der Waals surface area (Å²) in [5, 5.41) is 0.976. The second-order valence-corrected chi connectivity index (χ2v) is 8.50. The van der Waals surface area contributed by atoms with E-state index in [9.17, 15) is 9.59 Å². The summed E-state index contributed by atoms with van der Waals surface area (Å²) < 4.78 is 7.61. The number of aryl methyl sites for hydroxylation is 1. The van der Waals surface area contributed by atoms with E-state index in [2.05, 4.69) is 11.5 Å². The van der Waals surface area contributed by atoms with E-state index in [1.807, 2.05) is 24.3 Å². The summed E-state index contributed by atoms with van der Waals surface area (Å²) >= 11 is 6.56. The van der Waals surface area contributed by atoms with Crippen LogP contribution in [0.1, 0.15) is 5.56 Å². The Hall–Kier alpha value is -2.42. The molecule has 1 amide bonds. The summed E-state index contributed by atoms with van der Waals surface area (Å²) in [6.45, 7) is 6.62. The number of amides is 1. The Labute approximate surface area is 178 Å². The number of thioether (sulfide) groups is 1. The molecule has 0 bridgehead atoms. The number of anilines is 1. The number of fused-ring (bicyclic) bond motifs is 1. The maximum Gasteiger partial charge on any atom is 0.266 e. The first kappa shape index (κ1) is 19.9. The average Bonchev–Trinajstić information content (AvgIpc) is 3.00. The molecule has 0 atom stereocenters. The number of benzene rings is 1. The van der Waals surface area contributed by atoms with Crippen molar-refractivity contribution in [2.45, 2.75) is 0 Å². The number of morpholine rings is 1. The number of pyridine rings is 1. The number of hydrogen-bond acceptors (Lipinski definition) is 6. The van der Waals surface area contributed by atoms with Gasteiger partial charge in [-0.2, -0.15) is 0 Å². The monoisotopic (exact) mass is 427 g/mol. The van der Waals surface area contributed by atoms with Crippen LogP contribution in [0.25, 0.3) is 17.0 Å². The van der Waals surface area contributed by atoms with Gasteiger partial charge in [-0.25, -0.2) is 0 Å². The smallest absolute Gasteiger partial charge is 0.266 e. The number of thiocarbonyl (C=S) groups is 1. The third kappa shape index (κ3) is 3.52. The van der Waals surface area contributed by atoms with Gasteiger partial charge in [-0.3, -0.25) is 14.5 Å². The largest absolute Gasteiger partial charge is 0.378 e. The van der Waals surface area contributed by atoms with Crippen molar-refractivity contribution in [2.75, 3.05) is 37.7 Å². The molecule has 8 heteroatoms. The molecule has 0 aliphatic carbocycles. The van der Waals surface area contributed by atoms with Crippen LogP contribution in [0.4, 0.5) is 5.69 Å². The fourth-order valence-electron chi connectivity index (χ4n) is 3.68. The molecule has 2 aliphatic rings. The third-order valence-electron chi connectivity index (χ3n) is 5.10. The lowest BCUT2D eigenvalue weighted by Gasteiger charge is -2.31. The molecule has 6 nitrogen and oxygen atoms in total. The Morgan fingerprint density at radius 1 is 1.24 bits per heavy atom. The fourth-order valence-corrected chi connectivity index (χ4v) is 4.93. The van der Waals surface area contributed by atoms with Crippen LogP contribution >= 0.6 is 24.0 Å². The van der Waals surface area contributed by atoms with E-state index < -0.39 is 0 Å². The third-order valence-corrected chi connectivity index (χ3v) is 6.48. The average molecular weight is 428 g/mol. The van der Waals surface area contributed by atoms with Crippen molar-refractivity contribution in [3.63, 3.8) is 0 Å². The highest BCUT2D eigenvalue weighted by Gasteiger charge is 2.32. The zero-order valence-electron chi connectivity index (χ0n) is 16.1. The number of ether oxygens (including phenoxy) is 1. The van der Waals surface area contributed by atoms with Crippen molar-refractivity contribution < 1.29 is 9.53 Å². The minimum Gasteiger partial charge on any atom is -0.378 e. The van der Waals surface area contributed by atoms with Crippen molar-refractivity contribution in [1.29, 1.82) is 0 Å². The Morgan fingerprint density at radius 3 is 2.69 bits per heavy atom. The molecular weight excluding hydrogens is 406 g/mol. The second kappa shape index (κ2) is 8.14. The van der Waals surface area contributed by atoms with Gasteiger partial charge >= 0.3 is 0 Å². The molecule has 0 N–H and O–H groups in total. The molecule has 1 aromatic carbocycles. The van der Waals surface area contributed by atoms with Crippen molar-refractivity contribution in [3.8, 4) is 0 Å². The summed E-state index contributed by atoms with van der Waals surface area (Å²) in [6, 6.07) is 7.84. The SMILES string of the molecule is C=CCN1C(=O)C(=Cc2c(N3CCOCC3)c3ccccc3n(C)c2=O)SC1=S. The molecule has 0 radical (unpaired) electrons. The molecule has 2 fully saturated rings. The van der Waals surface area contributed by atoms with E-state index in [1.165, 1.54) is 16.7 Å². The summed E-state index contributed by atoms with van der Waals surface area (Å²) in [5.41, 5.74) is 2.07. The number of carbonyl (C=O) groups is 1. The normalized spacial score (nSPS) is 18.9. The van der Waals surface area contributed by atoms with Crippen LogP contribution in [0, 0.1) is 0 Å². The highest BCUT2D eigenvalue weighted by molar-refractivity contribution is 8.26. The van der Waals surface area contributed by atoms with E-state index >= 15 is 0 Å². The van der Waals surface area contributed by atoms with Gasteiger partial charge in [-0.15, -0.1) is 6.58 Å². The zero-order chi connectivity index (χ0) is 20.5. The summed E-state index contributed by atoms with van der Waals surface area (Å²) in [6.07, 6.45) is 3.34. The van der Waals surface area contributed by atoms with E-state index in [4.69, 9.17) is 17.0 Å². The van der Waals surface area contributed by atoms with Crippen LogP contribution in [0.3, 0.4) is 0 Å². The van der Waals surface area contributed by atoms with Gasteiger partial charge in [0, 0.05) is 32.1 Å². The molecule has 3 heterocycles. The summed E-state index contributed by atoms with van der Waals surface area (Å²) in [7, 11) is 1.76. The van der Waals surface area contributed by atoms with Gasteiger partial charge < -0.3 is 14.2 Å². The molecule has 150 valence electrons. The number of nitrogens with zero attached hydrogens (tertiary/aromatic N) is 3. The number of carbonyl (C=O) groups excluding carboxylic acids is 1. The first-order chi connectivity index (χ1) is 14.0. The number of aromatic nitrogens is 1. The van der Waals surface area contributed by atoms with Crippen LogP contribution in [-0.4, -0.2) is 52.5 Å². The zero-order valence-corrected chi connectivity index (χ0v) is 17.7. The number of rotatable bonds is 4. The molecule has 2 aromatic rings. The highest BCUT2D eigenvalue weighted by Crippen LogP contribution is 2.36. The lowest BCUT2D eigenvalue weighted by molar-refractivity contribution is -0.121. The highest BCUT2D eigenvalue weighted by atomic mass is 32.2. The standard InChI is InChI=1S/C21H21N3O3S2/c1-3-8-24-20(26)17(29-21(24)28)13-15-18(23-9-11-27-12-10-23)14-6-4-5-7-16(14)22(2)19(15)25/h3-7,13H,1,8-12H2,2H3. The molecule has 0 saturated carbocycles. The van der Waals surface area contributed by atoms with Crippen LogP contribution in [0.5, 0.6) is 0 Å². The fraction of sp³-hybridized carbons (Fsp3) is 0.286. The minimum absolute atomic E-state index is 0.140. The summed E-state index contributed by atoms with van der Waals surface area (Å²) in [4.78, 5) is 30.2. The van der Waals surface area contributed by atoms with Crippen LogP contribution < -0.4 is 10.5 Å². The van der Waals surface area contributed by atoms with Gasteiger partial charge in [0.15, 0.2) is 0 Å². The lowest BCUT2D eigenvalue weighted by atomic mass is 10.1. The number of para-hydroxylation sites is 1. The van der Waals surface area contributed by atoms with Crippen molar-refractivity contribution in [1.82, 2.24) is 9.47 Å². The van der Waals surface area contributed by atoms with Crippen LogP contribution in [-0.2, 0) is 16.6 Å². The van der Waals surface area contributed by atoms with E-state index in [0.29, 0.717) is 47.6 Å². The Morgan fingerprint density at radius 2 is 1.97 bits per heavy atom. The first-order valence-corrected chi connectivity index (χ1v) is 10.6. The van der Waals surface area contributed by atoms with Gasteiger partial charge in [0.05, 0.1) is 34.9 Å². The predicted molar refractivity (Wildman–Crippen MR) is 122 cm³/mol. The molecule has 1 aromatic heterocycles. The molecule has 29 heavy (non-hydrogen) atoms. The van der Waals surface area contributed by atoms with Gasteiger partial charge in [-0.05, 0) is 12.1 Å². The number of hydrogen-bond donors (Lipinski definition) is 0. The van der Waals surface area contributed by atoms with Crippen molar-refractivity contribution in [3.05, 3.63) is 57.7 Å². The summed E-state index contributed by atoms with van der Waals surface area (Å²) in [5.74, 6) is -0.192. The van der Waals surface area contributed by atoms with Gasteiger partial charge in [0.25, 0.3) is 11.5 Å². The van der Waals surface area contributed by atoms with Gasteiger partial charge in [-0.1, -0.05) is 48.3 Å². The van der Waals surface area contributed by atoms with Crippen LogP contribution in [0.2, 0.25) is 0 Å². The Bertz CT molecular complexity index is 1100. The van der Waals surface area contributed by atoms with E-state index in [-0.39, 0.29) is 11.5 Å². The van der Waals surface area contributed by atoms with Crippen molar-refractivity contribution >= 4 is 56.9 Å². The Balaban J connectivity index is 1.93. The van der Waals surface area contributed by atoms with Gasteiger partial charge in [0.1, 0.15) is 4.32 Å². The minimum atomic E-state index is -0.192. The molecule has 2 aliphatic heterocycles. The molecular formula is C21H21N3O3S2. The molecule has 0 unspecified atom stereocenters.